The summed E-state index contributed by atoms with van der Waals surface area (Å²) in [7, 11) is 0. The van der Waals surface area contributed by atoms with E-state index in [0.717, 1.165) is 22.4 Å². The van der Waals surface area contributed by atoms with Gasteiger partial charge in [0.1, 0.15) is 0 Å². The highest BCUT2D eigenvalue weighted by Crippen LogP contribution is 2.34. The van der Waals surface area contributed by atoms with E-state index >= 15 is 0 Å². The maximum atomic E-state index is 12.4. The highest BCUT2D eigenvalue weighted by molar-refractivity contribution is 9.10. The Morgan fingerprint density at radius 1 is 0.957 bits per heavy atom. The standard InChI is InChI=1S/C21H31BrO/c1-2-3-4-5-6-7-17-8-10-18(11-9-17)16-21(23)19-12-14-20(22)15-13-19/h12-15,17-18H,2-11,16H2,1H3. The lowest BCUT2D eigenvalue weighted by molar-refractivity contribution is 0.0941. The second-order valence-electron chi connectivity index (χ2n) is 7.22. The summed E-state index contributed by atoms with van der Waals surface area (Å²) in [5, 5.41) is 0. The highest BCUT2D eigenvalue weighted by atomic mass is 79.9. The second-order valence-corrected chi connectivity index (χ2v) is 8.14. The minimum absolute atomic E-state index is 0.320. The van der Waals surface area contributed by atoms with Crippen LogP contribution in [0.25, 0.3) is 0 Å². The molecule has 0 N–H and O–H groups in total. The molecule has 1 nitrogen and oxygen atoms in total. The molecule has 128 valence electrons. The lowest BCUT2D eigenvalue weighted by Gasteiger charge is -2.28. The fourth-order valence-electron chi connectivity index (χ4n) is 3.78. The summed E-state index contributed by atoms with van der Waals surface area (Å²) in [5.74, 6) is 1.86. The smallest absolute Gasteiger partial charge is 0.163 e. The summed E-state index contributed by atoms with van der Waals surface area (Å²) < 4.78 is 1.04. The zero-order valence-corrected chi connectivity index (χ0v) is 16.1. The summed E-state index contributed by atoms with van der Waals surface area (Å²) in [6.45, 7) is 2.27. The van der Waals surface area contributed by atoms with E-state index in [1.807, 2.05) is 24.3 Å². The average molecular weight is 379 g/mol. The summed E-state index contributed by atoms with van der Waals surface area (Å²) in [4.78, 5) is 12.4. The van der Waals surface area contributed by atoms with Gasteiger partial charge in [-0.2, -0.15) is 0 Å². The molecule has 0 atom stereocenters. The van der Waals surface area contributed by atoms with Crippen molar-refractivity contribution in [3.05, 3.63) is 34.3 Å². The Balaban J connectivity index is 1.64. The predicted molar refractivity (Wildman–Crippen MR) is 102 cm³/mol. The maximum Gasteiger partial charge on any atom is 0.163 e. The van der Waals surface area contributed by atoms with Crippen molar-refractivity contribution in [2.45, 2.75) is 77.6 Å². The monoisotopic (exact) mass is 378 g/mol. The first-order valence-corrected chi connectivity index (χ1v) is 10.3. The van der Waals surface area contributed by atoms with Crippen molar-refractivity contribution >= 4 is 21.7 Å². The molecule has 1 aromatic rings. The number of carbonyl (C=O) groups is 1. The number of Topliss-reactive ketones (excluding diaryl/α,β-unsaturated/α-hetero) is 1. The minimum Gasteiger partial charge on any atom is -0.294 e. The number of hydrogen-bond donors (Lipinski definition) is 0. The second kappa shape index (κ2) is 10.3. The van der Waals surface area contributed by atoms with Crippen LogP contribution in [0.3, 0.4) is 0 Å². The van der Waals surface area contributed by atoms with Crippen molar-refractivity contribution in [2.75, 3.05) is 0 Å². The van der Waals surface area contributed by atoms with Gasteiger partial charge in [-0.25, -0.2) is 0 Å². The Hall–Kier alpha value is -0.630. The SMILES string of the molecule is CCCCCCCC1CCC(CC(=O)c2ccc(Br)cc2)CC1. The molecule has 1 saturated carbocycles. The van der Waals surface area contributed by atoms with Gasteiger partial charge in [-0.1, -0.05) is 86.4 Å². The van der Waals surface area contributed by atoms with Gasteiger partial charge in [0.25, 0.3) is 0 Å². The molecule has 1 aliphatic rings. The van der Waals surface area contributed by atoms with Gasteiger partial charge in [0, 0.05) is 16.5 Å². The van der Waals surface area contributed by atoms with Crippen LogP contribution >= 0.6 is 15.9 Å². The van der Waals surface area contributed by atoms with E-state index in [4.69, 9.17) is 0 Å². The molecule has 0 aliphatic heterocycles. The lowest BCUT2D eigenvalue weighted by atomic mass is 9.77. The number of ketones is 1. The first-order valence-electron chi connectivity index (χ1n) is 9.47. The van der Waals surface area contributed by atoms with Gasteiger partial charge in [-0.15, -0.1) is 0 Å². The molecule has 0 saturated heterocycles. The molecule has 0 aromatic heterocycles. The van der Waals surface area contributed by atoms with Gasteiger partial charge < -0.3 is 0 Å². The largest absolute Gasteiger partial charge is 0.294 e. The molecule has 0 spiro atoms. The van der Waals surface area contributed by atoms with Crippen molar-refractivity contribution in [3.8, 4) is 0 Å². The van der Waals surface area contributed by atoms with Crippen molar-refractivity contribution in [1.82, 2.24) is 0 Å². The number of unbranched alkanes of at least 4 members (excludes halogenated alkanes) is 4. The fourth-order valence-corrected chi connectivity index (χ4v) is 4.04. The predicted octanol–water partition coefficient (Wildman–Crippen LogP) is 7.19. The molecule has 1 aliphatic carbocycles. The van der Waals surface area contributed by atoms with Gasteiger partial charge in [-0.05, 0) is 36.8 Å². The molecular weight excluding hydrogens is 348 g/mol. The molecule has 1 fully saturated rings. The lowest BCUT2D eigenvalue weighted by Crippen LogP contribution is -2.17. The number of benzene rings is 1. The quantitative estimate of drug-likeness (QED) is 0.328. The summed E-state index contributed by atoms with van der Waals surface area (Å²) in [5.41, 5.74) is 0.867. The van der Waals surface area contributed by atoms with Crippen molar-refractivity contribution in [3.63, 3.8) is 0 Å². The van der Waals surface area contributed by atoms with Crippen LogP contribution < -0.4 is 0 Å². The Morgan fingerprint density at radius 3 is 2.22 bits per heavy atom. The van der Waals surface area contributed by atoms with E-state index in [2.05, 4.69) is 22.9 Å². The van der Waals surface area contributed by atoms with E-state index in [9.17, 15) is 4.79 Å². The third kappa shape index (κ3) is 6.79. The van der Waals surface area contributed by atoms with E-state index < -0.39 is 0 Å². The van der Waals surface area contributed by atoms with E-state index in [-0.39, 0.29) is 0 Å². The van der Waals surface area contributed by atoms with Gasteiger partial charge in [0.2, 0.25) is 0 Å². The number of halogens is 1. The Morgan fingerprint density at radius 2 is 1.57 bits per heavy atom. The van der Waals surface area contributed by atoms with Crippen LogP contribution in [0.2, 0.25) is 0 Å². The van der Waals surface area contributed by atoms with Crippen LogP contribution in [0.15, 0.2) is 28.7 Å². The Bertz CT molecular complexity index is 457. The van der Waals surface area contributed by atoms with E-state index in [1.54, 1.807) is 0 Å². The van der Waals surface area contributed by atoms with E-state index in [0.29, 0.717) is 11.7 Å². The fraction of sp³-hybridized carbons (Fsp3) is 0.667. The topological polar surface area (TPSA) is 17.1 Å². The average Bonchev–Trinajstić information content (AvgIpc) is 2.57. The summed E-state index contributed by atoms with van der Waals surface area (Å²) in [6.07, 6.45) is 14.3. The molecule has 2 rings (SSSR count). The van der Waals surface area contributed by atoms with Crippen molar-refractivity contribution < 1.29 is 4.79 Å². The number of hydrogen-bond acceptors (Lipinski definition) is 1. The van der Waals surface area contributed by atoms with Gasteiger partial charge >= 0.3 is 0 Å². The molecule has 0 bridgehead atoms. The first-order chi connectivity index (χ1) is 11.2. The van der Waals surface area contributed by atoms with Crippen molar-refractivity contribution in [1.29, 1.82) is 0 Å². The third-order valence-corrected chi connectivity index (χ3v) is 5.85. The molecule has 2 heteroatoms. The van der Waals surface area contributed by atoms with Gasteiger partial charge in [-0.3, -0.25) is 4.79 Å². The summed E-state index contributed by atoms with van der Waals surface area (Å²) in [6, 6.07) is 7.80. The van der Waals surface area contributed by atoms with Crippen LogP contribution in [0, 0.1) is 11.8 Å². The van der Waals surface area contributed by atoms with Gasteiger partial charge in [0.15, 0.2) is 5.78 Å². The number of rotatable bonds is 9. The van der Waals surface area contributed by atoms with Crippen LogP contribution in [-0.4, -0.2) is 5.78 Å². The maximum absolute atomic E-state index is 12.4. The van der Waals surface area contributed by atoms with Crippen LogP contribution in [0.1, 0.15) is 87.9 Å². The Labute approximate surface area is 150 Å². The molecule has 0 unspecified atom stereocenters. The molecule has 23 heavy (non-hydrogen) atoms. The van der Waals surface area contributed by atoms with Crippen molar-refractivity contribution in [2.24, 2.45) is 11.8 Å². The zero-order valence-electron chi connectivity index (χ0n) is 14.5. The third-order valence-electron chi connectivity index (χ3n) is 5.32. The van der Waals surface area contributed by atoms with Gasteiger partial charge in [0.05, 0.1) is 0 Å². The van der Waals surface area contributed by atoms with Crippen LogP contribution in [-0.2, 0) is 0 Å². The minimum atomic E-state index is 0.320. The number of carbonyl (C=O) groups excluding carboxylic acids is 1. The normalized spacial score (nSPS) is 21.3. The first kappa shape index (κ1) is 18.7. The van der Waals surface area contributed by atoms with Crippen LogP contribution in [0.4, 0.5) is 0 Å². The molecule has 1 aromatic carbocycles. The summed E-state index contributed by atoms with van der Waals surface area (Å²) >= 11 is 3.42. The highest BCUT2D eigenvalue weighted by Gasteiger charge is 2.23. The van der Waals surface area contributed by atoms with E-state index in [1.165, 1.54) is 64.2 Å². The molecular formula is C21H31BrO. The molecule has 0 radical (unpaired) electrons. The Kier molecular flexibility index (Phi) is 8.36. The van der Waals surface area contributed by atoms with Crippen LogP contribution in [0.5, 0.6) is 0 Å². The molecule has 0 amide bonds. The molecule has 0 heterocycles. The zero-order chi connectivity index (χ0) is 16.5.